The second-order valence-corrected chi connectivity index (χ2v) is 4.33. The van der Waals surface area contributed by atoms with Crippen molar-refractivity contribution < 1.29 is 0 Å². The Kier molecular flexibility index (Phi) is 2.17. The number of aromatic nitrogens is 2. The van der Waals surface area contributed by atoms with Gasteiger partial charge < -0.3 is 0 Å². The number of nitrogens with zero attached hydrogens (tertiary/aromatic N) is 2. The van der Waals surface area contributed by atoms with Crippen LogP contribution in [0.15, 0.2) is 47.5 Å². The zero-order valence-electron chi connectivity index (χ0n) is 9.04. The van der Waals surface area contributed by atoms with Crippen LogP contribution in [0.3, 0.4) is 0 Å². The molecule has 1 aliphatic rings. The normalized spacial score (nSPS) is 15.2. The van der Waals surface area contributed by atoms with Gasteiger partial charge in [-0.3, -0.25) is 9.13 Å². The van der Waals surface area contributed by atoms with E-state index in [0.717, 1.165) is 18.4 Å². The molecule has 0 radical (unpaired) electrons. The largest absolute Gasteiger partial charge is 0.328 e. The molecule has 3 heteroatoms. The molecule has 3 nitrogen and oxygen atoms in total. The molecule has 0 amide bonds. The van der Waals surface area contributed by atoms with Crippen LogP contribution in [0.5, 0.6) is 0 Å². The third-order valence-electron chi connectivity index (χ3n) is 3.01. The highest BCUT2D eigenvalue weighted by molar-refractivity contribution is 5.15. The average Bonchev–Trinajstić information content (AvgIpc) is 3.08. The molecule has 1 saturated carbocycles. The van der Waals surface area contributed by atoms with Gasteiger partial charge in [-0.15, -0.1) is 0 Å². The molecule has 16 heavy (non-hydrogen) atoms. The van der Waals surface area contributed by atoms with Gasteiger partial charge in [0.25, 0.3) is 0 Å². The summed E-state index contributed by atoms with van der Waals surface area (Å²) < 4.78 is 3.62. The third kappa shape index (κ3) is 1.69. The SMILES string of the molecule is O=c1n(Cc2ccccc2)ccn1C1CC1. The van der Waals surface area contributed by atoms with Gasteiger partial charge in [0.2, 0.25) is 0 Å². The molecule has 0 N–H and O–H groups in total. The maximum atomic E-state index is 12.0. The van der Waals surface area contributed by atoms with Crippen LogP contribution in [0.25, 0.3) is 0 Å². The lowest BCUT2D eigenvalue weighted by molar-refractivity contribution is 0.656. The second kappa shape index (κ2) is 3.67. The van der Waals surface area contributed by atoms with Crippen molar-refractivity contribution in [2.45, 2.75) is 25.4 Å². The fraction of sp³-hybridized carbons (Fsp3) is 0.308. The molecule has 0 aliphatic heterocycles. The monoisotopic (exact) mass is 214 g/mol. The van der Waals surface area contributed by atoms with Gasteiger partial charge >= 0.3 is 5.69 Å². The first-order valence-electron chi connectivity index (χ1n) is 5.66. The molecule has 1 aromatic carbocycles. The predicted molar refractivity (Wildman–Crippen MR) is 62.5 cm³/mol. The maximum Gasteiger partial charge on any atom is 0.328 e. The summed E-state index contributed by atoms with van der Waals surface area (Å²) in [7, 11) is 0. The maximum absolute atomic E-state index is 12.0. The van der Waals surface area contributed by atoms with Crippen LogP contribution in [0.2, 0.25) is 0 Å². The van der Waals surface area contributed by atoms with Crippen molar-refractivity contribution in [2.75, 3.05) is 0 Å². The summed E-state index contributed by atoms with van der Waals surface area (Å²) in [6, 6.07) is 10.5. The molecule has 0 bridgehead atoms. The minimum atomic E-state index is 0.117. The van der Waals surface area contributed by atoms with Crippen molar-refractivity contribution in [3.8, 4) is 0 Å². The molecule has 1 fully saturated rings. The van der Waals surface area contributed by atoms with Crippen molar-refractivity contribution in [2.24, 2.45) is 0 Å². The zero-order valence-corrected chi connectivity index (χ0v) is 9.04. The van der Waals surface area contributed by atoms with Gasteiger partial charge in [-0.05, 0) is 18.4 Å². The molecule has 82 valence electrons. The van der Waals surface area contributed by atoms with Gasteiger partial charge in [0.1, 0.15) is 0 Å². The number of imidazole rings is 1. The predicted octanol–water partition coefficient (Wildman–Crippen LogP) is 2.03. The van der Waals surface area contributed by atoms with Gasteiger partial charge in [-0.2, -0.15) is 0 Å². The Morgan fingerprint density at radius 3 is 2.56 bits per heavy atom. The summed E-state index contributed by atoms with van der Waals surface area (Å²) in [5, 5.41) is 0. The number of rotatable bonds is 3. The van der Waals surface area contributed by atoms with E-state index in [-0.39, 0.29) is 5.69 Å². The van der Waals surface area contributed by atoms with Gasteiger partial charge in [0, 0.05) is 18.4 Å². The molecule has 1 heterocycles. The minimum Gasteiger partial charge on any atom is -0.296 e. The van der Waals surface area contributed by atoms with Crippen LogP contribution >= 0.6 is 0 Å². The van der Waals surface area contributed by atoms with Crippen molar-refractivity contribution in [1.82, 2.24) is 9.13 Å². The highest BCUT2D eigenvalue weighted by Gasteiger charge is 2.25. The Hall–Kier alpha value is -1.77. The van der Waals surface area contributed by atoms with Crippen LogP contribution < -0.4 is 5.69 Å². The highest BCUT2D eigenvalue weighted by Crippen LogP contribution is 2.33. The smallest absolute Gasteiger partial charge is 0.296 e. The topological polar surface area (TPSA) is 26.9 Å². The Morgan fingerprint density at radius 1 is 1.12 bits per heavy atom. The Bertz CT molecular complexity index is 535. The minimum absolute atomic E-state index is 0.117. The zero-order chi connectivity index (χ0) is 11.0. The van der Waals surface area contributed by atoms with Crippen molar-refractivity contribution in [1.29, 1.82) is 0 Å². The second-order valence-electron chi connectivity index (χ2n) is 4.33. The van der Waals surface area contributed by atoms with Gasteiger partial charge in [0.05, 0.1) is 6.54 Å². The fourth-order valence-electron chi connectivity index (χ4n) is 1.96. The summed E-state index contributed by atoms with van der Waals surface area (Å²) in [4.78, 5) is 12.0. The Labute approximate surface area is 94.0 Å². The molecule has 1 aliphatic carbocycles. The molecule has 1 aromatic heterocycles. The first-order chi connectivity index (χ1) is 7.84. The van der Waals surface area contributed by atoms with Crippen molar-refractivity contribution in [3.63, 3.8) is 0 Å². The summed E-state index contributed by atoms with van der Waals surface area (Å²) in [6.07, 6.45) is 6.08. The van der Waals surface area contributed by atoms with E-state index in [4.69, 9.17) is 0 Å². The van der Waals surface area contributed by atoms with Gasteiger partial charge in [-0.1, -0.05) is 30.3 Å². The lowest BCUT2D eigenvalue weighted by Gasteiger charge is -2.01. The van der Waals surface area contributed by atoms with Crippen molar-refractivity contribution >= 4 is 0 Å². The molecular formula is C13H14N2O. The van der Waals surface area contributed by atoms with E-state index in [9.17, 15) is 4.79 Å². The van der Waals surface area contributed by atoms with E-state index in [1.165, 1.54) is 0 Å². The quantitative estimate of drug-likeness (QED) is 0.768. The van der Waals surface area contributed by atoms with Gasteiger partial charge in [-0.25, -0.2) is 4.79 Å². The van der Waals surface area contributed by atoms with Crippen LogP contribution in [-0.4, -0.2) is 9.13 Å². The first-order valence-corrected chi connectivity index (χ1v) is 5.66. The van der Waals surface area contributed by atoms with Crippen LogP contribution in [0.1, 0.15) is 24.4 Å². The molecule has 0 saturated heterocycles. The average molecular weight is 214 g/mol. The lowest BCUT2D eigenvalue weighted by atomic mass is 10.2. The molecule has 3 rings (SSSR count). The highest BCUT2D eigenvalue weighted by atomic mass is 16.1. The lowest BCUT2D eigenvalue weighted by Crippen LogP contribution is -2.23. The molecule has 0 atom stereocenters. The van der Waals surface area contributed by atoms with Crippen molar-refractivity contribution in [3.05, 3.63) is 58.8 Å². The fourth-order valence-corrected chi connectivity index (χ4v) is 1.96. The molecule has 2 aromatic rings. The summed E-state index contributed by atoms with van der Waals surface area (Å²) >= 11 is 0. The summed E-state index contributed by atoms with van der Waals surface area (Å²) in [5.41, 5.74) is 1.28. The van der Waals surface area contributed by atoms with E-state index in [1.54, 1.807) is 4.57 Å². The molecule has 0 spiro atoms. The summed E-state index contributed by atoms with van der Waals surface area (Å²) in [5.74, 6) is 0. The van der Waals surface area contributed by atoms with E-state index < -0.39 is 0 Å². The number of benzene rings is 1. The van der Waals surface area contributed by atoms with E-state index in [1.807, 2.05) is 47.3 Å². The molecule has 0 unspecified atom stereocenters. The Balaban J connectivity index is 1.88. The van der Waals surface area contributed by atoms with Crippen LogP contribution in [-0.2, 0) is 6.54 Å². The van der Waals surface area contributed by atoms with Gasteiger partial charge in [0.15, 0.2) is 0 Å². The third-order valence-corrected chi connectivity index (χ3v) is 3.01. The first kappa shape index (κ1) is 9.46. The van der Waals surface area contributed by atoms with Crippen LogP contribution in [0.4, 0.5) is 0 Å². The summed E-state index contributed by atoms with van der Waals surface area (Å²) in [6.45, 7) is 0.666. The number of hydrogen-bond donors (Lipinski definition) is 0. The standard InChI is InChI=1S/C13H14N2O/c16-13-14(8-9-15(13)12-6-7-12)10-11-4-2-1-3-5-11/h1-5,8-9,12H,6-7,10H2. The Morgan fingerprint density at radius 2 is 1.88 bits per heavy atom. The van der Waals surface area contributed by atoms with E-state index in [0.29, 0.717) is 12.6 Å². The molecular weight excluding hydrogens is 200 g/mol. The van der Waals surface area contributed by atoms with E-state index >= 15 is 0 Å². The number of hydrogen-bond acceptors (Lipinski definition) is 1. The van der Waals surface area contributed by atoms with Crippen LogP contribution in [0, 0.1) is 0 Å². The van der Waals surface area contributed by atoms with E-state index in [2.05, 4.69) is 0 Å².